The molecule has 0 saturated heterocycles. The van der Waals surface area contributed by atoms with Gasteiger partial charge < -0.3 is 10.4 Å². The van der Waals surface area contributed by atoms with Crippen LogP contribution in [0.5, 0.6) is 0 Å². The largest absolute Gasteiger partial charge is 0.396 e. The maximum Gasteiger partial charge on any atom is 0.220 e. The van der Waals surface area contributed by atoms with Gasteiger partial charge in [0, 0.05) is 37.0 Å². The first-order chi connectivity index (χ1) is 10.5. The Kier molecular flexibility index (Phi) is 5.50. The summed E-state index contributed by atoms with van der Waals surface area (Å²) in [6, 6.07) is 5.59. The molecule has 0 spiro atoms. The zero-order valence-electron chi connectivity index (χ0n) is 13.1. The quantitative estimate of drug-likeness (QED) is 0.626. The van der Waals surface area contributed by atoms with Gasteiger partial charge in [0.25, 0.3) is 0 Å². The number of nitrogens with one attached hydrogen (secondary N) is 1. The SMILES string of the molecule is Cc1ccc(C(=O)CCC(=O)N[C@@H]2C=C[C@H](CO)C2)cc1C. The number of Topliss-reactive ketones (excluding diaryl/α,β-unsaturated/α-hetero) is 1. The molecular formula is C18H23NO3. The number of hydrogen-bond donors (Lipinski definition) is 2. The Bertz CT molecular complexity index is 592. The summed E-state index contributed by atoms with van der Waals surface area (Å²) in [5.41, 5.74) is 2.90. The highest BCUT2D eigenvalue weighted by Gasteiger charge is 2.20. The van der Waals surface area contributed by atoms with Crippen LogP contribution in [0, 0.1) is 19.8 Å². The first kappa shape index (κ1) is 16.4. The van der Waals surface area contributed by atoms with Crippen molar-refractivity contribution in [2.24, 2.45) is 5.92 Å². The minimum Gasteiger partial charge on any atom is -0.396 e. The lowest BCUT2D eigenvalue weighted by atomic mass is 10.0. The lowest BCUT2D eigenvalue weighted by molar-refractivity contribution is -0.121. The molecule has 2 atom stereocenters. The van der Waals surface area contributed by atoms with Gasteiger partial charge in [-0.3, -0.25) is 9.59 Å². The van der Waals surface area contributed by atoms with Crippen molar-refractivity contribution < 1.29 is 14.7 Å². The van der Waals surface area contributed by atoms with Crippen molar-refractivity contribution in [2.75, 3.05) is 6.61 Å². The number of carbonyl (C=O) groups is 2. The maximum absolute atomic E-state index is 12.1. The van der Waals surface area contributed by atoms with Gasteiger partial charge in [0.05, 0.1) is 0 Å². The summed E-state index contributed by atoms with van der Waals surface area (Å²) in [6.45, 7) is 4.09. The number of amides is 1. The summed E-state index contributed by atoms with van der Waals surface area (Å²) in [5.74, 6) is 0.00124. The van der Waals surface area contributed by atoms with Gasteiger partial charge >= 0.3 is 0 Å². The Labute approximate surface area is 131 Å². The molecule has 0 unspecified atom stereocenters. The molecule has 118 valence electrons. The van der Waals surface area contributed by atoms with E-state index < -0.39 is 0 Å². The van der Waals surface area contributed by atoms with E-state index in [9.17, 15) is 9.59 Å². The van der Waals surface area contributed by atoms with E-state index in [0.29, 0.717) is 5.56 Å². The minimum absolute atomic E-state index is 0.00607. The van der Waals surface area contributed by atoms with Crippen molar-refractivity contribution in [3.8, 4) is 0 Å². The van der Waals surface area contributed by atoms with E-state index >= 15 is 0 Å². The smallest absolute Gasteiger partial charge is 0.220 e. The first-order valence-corrected chi connectivity index (χ1v) is 7.68. The van der Waals surface area contributed by atoms with E-state index in [-0.39, 0.29) is 43.1 Å². The number of rotatable bonds is 6. The van der Waals surface area contributed by atoms with Crippen LogP contribution in [-0.2, 0) is 4.79 Å². The van der Waals surface area contributed by atoms with Gasteiger partial charge in [-0.05, 0) is 37.5 Å². The van der Waals surface area contributed by atoms with Crippen molar-refractivity contribution in [3.63, 3.8) is 0 Å². The van der Waals surface area contributed by atoms with Gasteiger partial charge in [-0.1, -0.05) is 24.3 Å². The lowest BCUT2D eigenvalue weighted by Gasteiger charge is -2.12. The molecule has 1 aliphatic rings. The molecule has 0 aromatic heterocycles. The maximum atomic E-state index is 12.1. The zero-order valence-corrected chi connectivity index (χ0v) is 13.1. The Morgan fingerprint density at radius 3 is 2.59 bits per heavy atom. The minimum atomic E-state index is -0.120. The molecule has 1 aliphatic carbocycles. The van der Waals surface area contributed by atoms with Crippen molar-refractivity contribution in [2.45, 2.75) is 39.2 Å². The van der Waals surface area contributed by atoms with Gasteiger partial charge in [-0.2, -0.15) is 0 Å². The second-order valence-corrected chi connectivity index (χ2v) is 5.96. The van der Waals surface area contributed by atoms with Crippen LogP contribution in [0.2, 0.25) is 0 Å². The predicted octanol–water partition coefficient (Wildman–Crippen LogP) is 2.32. The number of benzene rings is 1. The van der Waals surface area contributed by atoms with Crippen LogP contribution in [-0.4, -0.2) is 29.4 Å². The molecule has 0 saturated carbocycles. The van der Waals surface area contributed by atoms with Crippen molar-refractivity contribution >= 4 is 11.7 Å². The summed E-state index contributed by atoms with van der Waals surface area (Å²) in [4.78, 5) is 24.0. The van der Waals surface area contributed by atoms with Crippen molar-refractivity contribution in [1.82, 2.24) is 5.32 Å². The van der Waals surface area contributed by atoms with Gasteiger partial charge in [-0.15, -0.1) is 0 Å². The predicted molar refractivity (Wildman–Crippen MR) is 85.7 cm³/mol. The van der Waals surface area contributed by atoms with Gasteiger partial charge in [0.15, 0.2) is 5.78 Å². The molecule has 2 rings (SSSR count). The van der Waals surface area contributed by atoms with Crippen molar-refractivity contribution in [3.05, 3.63) is 47.0 Å². The summed E-state index contributed by atoms with van der Waals surface area (Å²) in [5, 5.41) is 11.9. The summed E-state index contributed by atoms with van der Waals surface area (Å²) in [7, 11) is 0. The fourth-order valence-electron chi connectivity index (χ4n) is 2.58. The highest BCUT2D eigenvalue weighted by atomic mass is 16.3. The van der Waals surface area contributed by atoms with Crippen LogP contribution >= 0.6 is 0 Å². The lowest BCUT2D eigenvalue weighted by Crippen LogP contribution is -2.33. The van der Waals surface area contributed by atoms with Crippen LogP contribution in [0.4, 0.5) is 0 Å². The fourth-order valence-corrected chi connectivity index (χ4v) is 2.58. The molecule has 22 heavy (non-hydrogen) atoms. The van der Waals surface area contributed by atoms with Crippen molar-refractivity contribution in [1.29, 1.82) is 0 Å². The van der Waals surface area contributed by atoms with Gasteiger partial charge in [0.1, 0.15) is 0 Å². The number of aliphatic hydroxyl groups excluding tert-OH is 1. The number of aliphatic hydroxyl groups is 1. The molecule has 4 heteroatoms. The third-order valence-corrected chi connectivity index (χ3v) is 4.16. The Morgan fingerprint density at radius 1 is 1.18 bits per heavy atom. The molecule has 1 aromatic rings. The second kappa shape index (κ2) is 7.36. The number of ketones is 1. The number of aryl methyl sites for hydroxylation is 2. The third kappa shape index (κ3) is 4.28. The molecule has 4 nitrogen and oxygen atoms in total. The Hall–Kier alpha value is -1.94. The average Bonchev–Trinajstić information content (AvgIpc) is 2.95. The van der Waals surface area contributed by atoms with Crippen LogP contribution in [0.15, 0.2) is 30.4 Å². The summed E-state index contributed by atoms with van der Waals surface area (Å²) in [6.07, 6.45) is 4.97. The number of hydrogen-bond acceptors (Lipinski definition) is 3. The van der Waals surface area contributed by atoms with E-state index in [4.69, 9.17) is 5.11 Å². The van der Waals surface area contributed by atoms with Crippen LogP contribution in [0.3, 0.4) is 0 Å². The highest BCUT2D eigenvalue weighted by Crippen LogP contribution is 2.17. The standard InChI is InChI=1S/C18H23NO3/c1-12-3-5-15(9-13(12)2)17(21)7-8-18(22)19-16-6-4-14(10-16)11-20/h3-6,9,14,16,20H,7-8,10-11H2,1-2H3,(H,19,22)/t14-,16+/m0/s1. The summed E-state index contributed by atoms with van der Waals surface area (Å²) < 4.78 is 0. The molecular weight excluding hydrogens is 278 g/mol. The van der Waals surface area contributed by atoms with Gasteiger partial charge in [-0.25, -0.2) is 0 Å². The monoisotopic (exact) mass is 301 g/mol. The average molecular weight is 301 g/mol. The Balaban J connectivity index is 1.79. The summed E-state index contributed by atoms with van der Waals surface area (Å²) >= 11 is 0. The van der Waals surface area contributed by atoms with Crippen LogP contribution < -0.4 is 5.32 Å². The Morgan fingerprint density at radius 2 is 1.95 bits per heavy atom. The molecule has 0 aliphatic heterocycles. The van der Waals surface area contributed by atoms with E-state index in [1.54, 1.807) is 0 Å². The highest BCUT2D eigenvalue weighted by molar-refractivity contribution is 5.98. The first-order valence-electron chi connectivity index (χ1n) is 7.68. The molecule has 2 N–H and O–H groups in total. The van der Waals surface area contributed by atoms with Gasteiger partial charge in [0.2, 0.25) is 5.91 Å². The fraction of sp³-hybridized carbons (Fsp3) is 0.444. The van der Waals surface area contributed by atoms with E-state index in [1.807, 2.05) is 44.2 Å². The molecule has 0 radical (unpaired) electrons. The van der Waals surface area contributed by atoms with E-state index in [0.717, 1.165) is 17.5 Å². The van der Waals surface area contributed by atoms with E-state index in [2.05, 4.69) is 5.32 Å². The van der Waals surface area contributed by atoms with Crippen LogP contribution in [0.1, 0.15) is 40.7 Å². The molecule has 0 heterocycles. The topological polar surface area (TPSA) is 66.4 Å². The molecule has 0 fully saturated rings. The number of carbonyl (C=O) groups excluding carboxylic acids is 2. The molecule has 0 bridgehead atoms. The zero-order chi connectivity index (χ0) is 16.1. The normalized spacial score (nSPS) is 20.1. The van der Waals surface area contributed by atoms with E-state index in [1.165, 1.54) is 0 Å². The van der Waals surface area contributed by atoms with Crippen LogP contribution in [0.25, 0.3) is 0 Å². The molecule has 1 aromatic carbocycles. The molecule has 1 amide bonds. The third-order valence-electron chi connectivity index (χ3n) is 4.16. The second-order valence-electron chi connectivity index (χ2n) is 5.96.